The zero-order chi connectivity index (χ0) is 13.0. The molecule has 3 aromatic rings. The zero-order valence-electron chi connectivity index (χ0n) is 10.3. The van der Waals surface area contributed by atoms with Gasteiger partial charge in [-0.2, -0.15) is 10.2 Å². The molecule has 4 rings (SSSR count). The van der Waals surface area contributed by atoms with E-state index in [-0.39, 0.29) is 5.92 Å². The summed E-state index contributed by atoms with van der Waals surface area (Å²) < 4.78 is 1.82. The monoisotopic (exact) mass is 272 g/mol. The molecule has 1 aliphatic carbocycles. The van der Waals surface area contributed by atoms with Gasteiger partial charge in [-0.05, 0) is 6.07 Å². The van der Waals surface area contributed by atoms with Gasteiger partial charge in [0.2, 0.25) is 0 Å². The van der Waals surface area contributed by atoms with E-state index in [1.54, 1.807) is 11.3 Å². The lowest BCUT2D eigenvalue weighted by Crippen LogP contribution is -2.11. The maximum Gasteiger partial charge on any atom is 0.180 e. The van der Waals surface area contributed by atoms with Gasteiger partial charge in [-0.15, -0.1) is 11.3 Å². The Morgan fingerprint density at radius 3 is 3.21 bits per heavy atom. The molecule has 0 spiro atoms. The molecule has 0 radical (unpaired) electrons. The number of nitrogen functional groups attached to an aromatic ring is 1. The highest BCUT2D eigenvalue weighted by atomic mass is 32.1. The number of nitrogens with zero attached hydrogens (tertiary/aromatic N) is 4. The molecule has 3 aromatic heterocycles. The van der Waals surface area contributed by atoms with Crippen LogP contribution in [0.25, 0.3) is 11.3 Å². The molecule has 96 valence electrons. The summed E-state index contributed by atoms with van der Waals surface area (Å²) >= 11 is 1.55. The van der Waals surface area contributed by atoms with Crippen molar-refractivity contribution in [2.45, 2.75) is 12.3 Å². The fourth-order valence-corrected chi connectivity index (χ4v) is 3.57. The second-order valence-corrected chi connectivity index (χ2v) is 5.76. The first-order valence-corrected chi connectivity index (χ1v) is 6.82. The van der Waals surface area contributed by atoms with Gasteiger partial charge in [0.05, 0.1) is 17.6 Å². The average Bonchev–Trinajstić information content (AvgIpc) is 3.05. The van der Waals surface area contributed by atoms with Crippen molar-refractivity contribution in [3.63, 3.8) is 0 Å². The van der Waals surface area contributed by atoms with Crippen LogP contribution in [0, 0.1) is 0 Å². The third kappa shape index (κ3) is 1.51. The van der Waals surface area contributed by atoms with E-state index >= 15 is 0 Å². The van der Waals surface area contributed by atoms with Crippen LogP contribution in [0.2, 0.25) is 0 Å². The third-order valence-electron chi connectivity index (χ3n) is 3.46. The maximum atomic E-state index is 5.88. The average molecular weight is 272 g/mol. The largest absolute Gasteiger partial charge is 0.375 e. The number of nitrogens with one attached hydrogen (secondary N) is 1. The van der Waals surface area contributed by atoms with E-state index in [4.69, 9.17) is 5.73 Å². The smallest absolute Gasteiger partial charge is 0.180 e. The van der Waals surface area contributed by atoms with Crippen molar-refractivity contribution in [2.24, 2.45) is 7.05 Å². The summed E-state index contributed by atoms with van der Waals surface area (Å²) in [5, 5.41) is 12.3. The standard InChI is InChI=1S/C12H12N6S/c1-18-3-2-8(17-18)6-4-9-7(5-14-16-9)10-11(6)19-12(13)15-10/h2-3,5-6H,4H2,1H3,(H2,13,15)(H,14,16). The number of aromatic amines is 1. The van der Waals surface area contributed by atoms with Crippen LogP contribution in [-0.2, 0) is 13.5 Å². The van der Waals surface area contributed by atoms with Crippen LogP contribution < -0.4 is 5.73 Å². The summed E-state index contributed by atoms with van der Waals surface area (Å²) in [7, 11) is 1.93. The molecule has 6 nitrogen and oxygen atoms in total. The summed E-state index contributed by atoms with van der Waals surface area (Å²) in [6, 6.07) is 2.05. The Morgan fingerprint density at radius 2 is 2.42 bits per heavy atom. The van der Waals surface area contributed by atoms with Crippen LogP contribution >= 0.6 is 11.3 Å². The Bertz CT molecular complexity index is 752. The Morgan fingerprint density at radius 1 is 1.53 bits per heavy atom. The topological polar surface area (TPSA) is 85.4 Å². The first kappa shape index (κ1) is 10.7. The van der Waals surface area contributed by atoms with Gasteiger partial charge >= 0.3 is 0 Å². The second kappa shape index (κ2) is 3.67. The van der Waals surface area contributed by atoms with Crippen LogP contribution in [0.4, 0.5) is 5.13 Å². The molecule has 0 aromatic carbocycles. The van der Waals surface area contributed by atoms with Crippen LogP contribution in [0.5, 0.6) is 0 Å². The van der Waals surface area contributed by atoms with Gasteiger partial charge in [0, 0.05) is 41.7 Å². The number of aromatic nitrogens is 5. The fraction of sp³-hybridized carbons (Fsp3) is 0.250. The molecule has 7 heteroatoms. The summed E-state index contributed by atoms with van der Waals surface area (Å²) in [4.78, 5) is 5.63. The number of fused-ring (bicyclic) bond motifs is 3. The van der Waals surface area contributed by atoms with E-state index in [0.717, 1.165) is 29.1 Å². The second-order valence-electron chi connectivity index (χ2n) is 4.70. The molecule has 0 fully saturated rings. The Balaban J connectivity index is 1.91. The number of nitrogens with two attached hydrogens (primary N) is 1. The summed E-state index contributed by atoms with van der Waals surface area (Å²) in [6.45, 7) is 0. The number of hydrogen-bond donors (Lipinski definition) is 2. The van der Waals surface area contributed by atoms with Crippen molar-refractivity contribution in [3.8, 4) is 11.3 Å². The lowest BCUT2D eigenvalue weighted by molar-refractivity contribution is 0.694. The number of anilines is 1. The Labute approximate surface area is 113 Å². The number of rotatable bonds is 1. The minimum atomic E-state index is 0.207. The van der Waals surface area contributed by atoms with Gasteiger partial charge in [0.25, 0.3) is 0 Å². The molecule has 3 heterocycles. The number of aryl methyl sites for hydroxylation is 1. The van der Waals surface area contributed by atoms with Crippen molar-refractivity contribution in [1.82, 2.24) is 25.0 Å². The van der Waals surface area contributed by atoms with E-state index in [1.165, 1.54) is 4.88 Å². The van der Waals surface area contributed by atoms with Crippen LogP contribution in [0.3, 0.4) is 0 Å². The molecule has 0 saturated heterocycles. The maximum absolute atomic E-state index is 5.88. The van der Waals surface area contributed by atoms with E-state index in [9.17, 15) is 0 Å². The molecule has 1 unspecified atom stereocenters. The molecule has 0 saturated carbocycles. The summed E-state index contributed by atoms with van der Waals surface area (Å²) in [5.74, 6) is 0.207. The van der Waals surface area contributed by atoms with Gasteiger partial charge in [-0.1, -0.05) is 0 Å². The van der Waals surface area contributed by atoms with E-state index in [2.05, 4.69) is 20.3 Å². The molecular formula is C12H12N6S. The van der Waals surface area contributed by atoms with Crippen LogP contribution in [-0.4, -0.2) is 25.0 Å². The van der Waals surface area contributed by atoms with Crippen molar-refractivity contribution in [3.05, 3.63) is 34.7 Å². The van der Waals surface area contributed by atoms with Gasteiger partial charge in [-0.25, -0.2) is 4.98 Å². The SMILES string of the molecule is Cn1ccc(C2Cc3[nH]ncc3-c3nc(N)sc32)n1. The first-order chi connectivity index (χ1) is 9.22. The molecular weight excluding hydrogens is 260 g/mol. The van der Waals surface area contributed by atoms with Gasteiger partial charge < -0.3 is 5.73 Å². The van der Waals surface area contributed by atoms with E-state index in [1.807, 2.05) is 30.2 Å². The first-order valence-electron chi connectivity index (χ1n) is 6.00. The lowest BCUT2D eigenvalue weighted by atomic mass is 9.88. The van der Waals surface area contributed by atoms with E-state index in [0.29, 0.717) is 5.13 Å². The molecule has 19 heavy (non-hydrogen) atoms. The Hall–Kier alpha value is -2.15. The molecule has 3 N–H and O–H groups in total. The fourth-order valence-electron chi connectivity index (χ4n) is 2.61. The minimum Gasteiger partial charge on any atom is -0.375 e. The predicted octanol–water partition coefficient (Wildman–Crippen LogP) is 1.54. The van der Waals surface area contributed by atoms with E-state index < -0.39 is 0 Å². The van der Waals surface area contributed by atoms with Gasteiger partial charge in [-0.3, -0.25) is 9.78 Å². The highest BCUT2D eigenvalue weighted by Gasteiger charge is 2.31. The third-order valence-corrected chi connectivity index (χ3v) is 4.46. The van der Waals surface area contributed by atoms with Gasteiger partial charge in [0.15, 0.2) is 5.13 Å². The predicted molar refractivity (Wildman–Crippen MR) is 72.9 cm³/mol. The number of thiazole rings is 1. The normalized spacial score (nSPS) is 17.2. The molecule has 0 aliphatic heterocycles. The highest BCUT2D eigenvalue weighted by molar-refractivity contribution is 7.16. The van der Waals surface area contributed by atoms with Crippen LogP contribution in [0.1, 0.15) is 22.2 Å². The molecule has 1 atom stereocenters. The summed E-state index contributed by atoms with van der Waals surface area (Å²) in [6.07, 6.45) is 4.64. The highest BCUT2D eigenvalue weighted by Crippen LogP contribution is 2.44. The Kier molecular flexibility index (Phi) is 2.08. The molecule has 0 bridgehead atoms. The van der Waals surface area contributed by atoms with Crippen LogP contribution in [0.15, 0.2) is 18.5 Å². The zero-order valence-corrected chi connectivity index (χ0v) is 11.1. The number of H-pyrrole nitrogens is 1. The van der Waals surface area contributed by atoms with Crippen molar-refractivity contribution < 1.29 is 0 Å². The lowest BCUT2D eigenvalue weighted by Gasteiger charge is -2.19. The quantitative estimate of drug-likeness (QED) is 0.703. The van der Waals surface area contributed by atoms with Crippen molar-refractivity contribution in [2.75, 3.05) is 5.73 Å². The van der Waals surface area contributed by atoms with Crippen molar-refractivity contribution in [1.29, 1.82) is 0 Å². The summed E-state index contributed by atoms with van der Waals surface area (Å²) in [5.41, 5.74) is 10.1. The van der Waals surface area contributed by atoms with Crippen molar-refractivity contribution >= 4 is 16.5 Å². The minimum absolute atomic E-state index is 0.207. The van der Waals surface area contributed by atoms with Gasteiger partial charge in [0.1, 0.15) is 0 Å². The number of hydrogen-bond acceptors (Lipinski definition) is 5. The molecule has 0 amide bonds. The molecule has 1 aliphatic rings.